The van der Waals surface area contributed by atoms with Gasteiger partial charge in [0.05, 0.1) is 0 Å². The molecule has 0 aliphatic carbocycles. The summed E-state index contributed by atoms with van der Waals surface area (Å²) in [5.41, 5.74) is 6.99. The van der Waals surface area contributed by atoms with E-state index in [1.165, 1.54) is 0 Å². The highest BCUT2D eigenvalue weighted by Crippen LogP contribution is 2.26. The molecule has 3 heteroatoms. The minimum absolute atomic E-state index is 0.0688. The molecule has 0 fully saturated rings. The quantitative estimate of drug-likeness (QED) is 0.786. The third kappa shape index (κ3) is 2.46. The number of fused-ring (bicyclic) bond motifs is 1. The lowest BCUT2D eigenvalue weighted by Gasteiger charge is -2.19. The molecule has 0 bridgehead atoms. The van der Waals surface area contributed by atoms with E-state index in [4.69, 9.17) is 4.42 Å². The van der Waals surface area contributed by atoms with Gasteiger partial charge in [0.1, 0.15) is 11.3 Å². The van der Waals surface area contributed by atoms with Crippen molar-refractivity contribution in [1.29, 1.82) is 0 Å². The van der Waals surface area contributed by atoms with E-state index in [0.29, 0.717) is 5.58 Å². The van der Waals surface area contributed by atoms with Crippen LogP contribution in [0.25, 0.3) is 11.0 Å². The van der Waals surface area contributed by atoms with Gasteiger partial charge in [-0.2, -0.15) is 0 Å². The van der Waals surface area contributed by atoms with Gasteiger partial charge in [0.25, 0.3) is 0 Å². The Morgan fingerprint density at radius 1 is 1.28 bits per heavy atom. The van der Waals surface area contributed by atoms with E-state index in [-0.39, 0.29) is 11.0 Å². The molecule has 0 saturated carbocycles. The normalized spacial score (nSPS) is 12.1. The first kappa shape index (κ1) is 12.8. The molecule has 0 aliphatic heterocycles. The van der Waals surface area contributed by atoms with Gasteiger partial charge in [-0.3, -0.25) is 0 Å². The minimum atomic E-state index is -0.222. The van der Waals surface area contributed by atoms with E-state index in [1.54, 1.807) is 0 Å². The smallest absolute Gasteiger partial charge is 0.339 e. The van der Waals surface area contributed by atoms with Gasteiger partial charge >= 0.3 is 5.63 Å². The van der Waals surface area contributed by atoms with E-state index in [0.717, 1.165) is 28.6 Å². The summed E-state index contributed by atoms with van der Waals surface area (Å²) in [6.45, 7) is 8.35. The highest BCUT2D eigenvalue weighted by Gasteiger charge is 2.18. The summed E-state index contributed by atoms with van der Waals surface area (Å²) in [5, 5.41) is 1.00. The molecular formula is C15H20NO2+. The van der Waals surface area contributed by atoms with Crippen molar-refractivity contribution in [2.45, 2.75) is 34.1 Å². The predicted octanol–water partition coefficient (Wildman–Crippen LogP) is 2.56. The fourth-order valence-electron chi connectivity index (χ4n) is 2.17. The highest BCUT2D eigenvalue weighted by atomic mass is 16.4. The average molecular weight is 246 g/mol. The van der Waals surface area contributed by atoms with Crippen LogP contribution in [0.3, 0.4) is 0 Å². The fourth-order valence-corrected chi connectivity index (χ4v) is 2.17. The van der Waals surface area contributed by atoms with Crippen molar-refractivity contribution in [3.05, 3.63) is 39.7 Å². The van der Waals surface area contributed by atoms with Gasteiger partial charge in [-0.25, -0.2) is 4.79 Å². The van der Waals surface area contributed by atoms with Crippen LogP contribution in [0, 0.1) is 12.3 Å². The lowest BCUT2D eigenvalue weighted by molar-refractivity contribution is -0.254. The molecule has 0 aliphatic rings. The van der Waals surface area contributed by atoms with E-state index >= 15 is 0 Å². The Morgan fingerprint density at radius 3 is 2.56 bits per heavy atom. The van der Waals surface area contributed by atoms with Gasteiger partial charge in [-0.05, 0) is 36.5 Å². The van der Waals surface area contributed by atoms with Crippen molar-refractivity contribution in [1.82, 2.24) is 0 Å². The van der Waals surface area contributed by atoms with Gasteiger partial charge in [-0.1, -0.05) is 20.8 Å². The molecule has 0 saturated heterocycles. The van der Waals surface area contributed by atoms with Crippen LogP contribution in [0.5, 0.6) is 0 Å². The number of benzene rings is 1. The Labute approximate surface area is 107 Å². The maximum Gasteiger partial charge on any atom is 0.339 e. The van der Waals surface area contributed by atoms with Gasteiger partial charge in [0, 0.05) is 17.0 Å². The molecule has 0 radical (unpaired) electrons. The Hall–Kier alpha value is -1.61. The highest BCUT2D eigenvalue weighted by molar-refractivity contribution is 5.82. The second kappa shape index (κ2) is 4.25. The zero-order valence-corrected chi connectivity index (χ0v) is 11.5. The lowest BCUT2D eigenvalue weighted by Crippen LogP contribution is -2.39. The molecule has 2 rings (SSSR count). The van der Waals surface area contributed by atoms with Gasteiger partial charge in [0.2, 0.25) is 0 Å². The van der Waals surface area contributed by atoms with E-state index in [1.807, 2.05) is 25.1 Å². The maximum atomic E-state index is 12.1. The summed E-state index contributed by atoms with van der Waals surface area (Å²) in [4.78, 5) is 12.1. The summed E-state index contributed by atoms with van der Waals surface area (Å²) in [6, 6.07) is 5.73. The number of hydrogen-bond acceptors (Lipinski definition) is 2. The SMILES string of the molecule is Cc1c(CC(C)(C)C)c(=O)oc2cc([NH3+])ccc12. The topological polar surface area (TPSA) is 57.9 Å². The monoisotopic (exact) mass is 246 g/mol. The van der Waals surface area contributed by atoms with Crippen LogP contribution in [0.15, 0.2) is 27.4 Å². The zero-order valence-electron chi connectivity index (χ0n) is 11.5. The second-order valence-electron chi connectivity index (χ2n) is 6.06. The summed E-state index contributed by atoms with van der Waals surface area (Å²) < 4.78 is 5.40. The molecule has 0 atom stereocenters. The van der Waals surface area contributed by atoms with Crippen LogP contribution in [0.2, 0.25) is 0 Å². The molecule has 3 nitrogen and oxygen atoms in total. The van der Waals surface area contributed by atoms with Crippen molar-refractivity contribution in [3.8, 4) is 0 Å². The van der Waals surface area contributed by atoms with E-state index < -0.39 is 0 Å². The summed E-state index contributed by atoms with van der Waals surface area (Å²) in [5.74, 6) is 0. The van der Waals surface area contributed by atoms with Crippen molar-refractivity contribution in [3.63, 3.8) is 0 Å². The molecule has 1 aromatic carbocycles. The summed E-state index contributed by atoms with van der Waals surface area (Å²) in [7, 11) is 0. The maximum absolute atomic E-state index is 12.1. The molecule has 0 unspecified atom stereocenters. The van der Waals surface area contributed by atoms with Crippen LogP contribution in [0.1, 0.15) is 31.9 Å². The Kier molecular flexibility index (Phi) is 3.03. The molecule has 0 spiro atoms. The number of rotatable bonds is 1. The molecule has 0 amide bonds. The van der Waals surface area contributed by atoms with Crippen molar-refractivity contribution >= 4 is 16.7 Å². The molecule has 2 aromatic rings. The largest absolute Gasteiger partial charge is 0.422 e. The van der Waals surface area contributed by atoms with Crippen molar-refractivity contribution in [2.24, 2.45) is 5.41 Å². The number of hydrogen-bond donors (Lipinski definition) is 1. The zero-order chi connectivity index (χ0) is 13.5. The Balaban J connectivity index is 2.70. The van der Waals surface area contributed by atoms with Crippen LogP contribution in [0.4, 0.5) is 5.69 Å². The molecule has 1 heterocycles. The van der Waals surface area contributed by atoms with Crippen molar-refractivity contribution < 1.29 is 10.2 Å². The number of quaternary nitrogens is 1. The number of aryl methyl sites for hydroxylation is 1. The second-order valence-corrected chi connectivity index (χ2v) is 6.06. The molecule has 96 valence electrons. The van der Waals surface area contributed by atoms with Crippen LogP contribution < -0.4 is 11.4 Å². The van der Waals surface area contributed by atoms with Gasteiger partial charge < -0.3 is 10.2 Å². The summed E-state index contributed by atoms with van der Waals surface area (Å²) >= 11 is 0. The first-order valence-electron chi connectivity index (χ1n) is 6.16. The minimum Gasteiger partial charge on any atom is -0.422 e. The molecular weight excluding hydrogens is 226 g/mol. The first-order chi connectivity index (χ1) is 8.28. The fraction of sp³-hybridized carbons (Fsp3) is 0.400. The average Bonchev–Trinajstić information content (AvgIpc) is 2.22. The lowest BCUT2D eigenvalue weighted by atomic mass is 9.86. The van der Waals surface area contributed by atoms with Crippen molar-refractivity contribution in [2.75, 3.05) is 0 Å². The summed E-state index contributed by atoms with van der Waals surface area (Å²) in [6.07, 6.45) is 0.725. The van der Waals surface area contributed by atoms with E-state index in [2.05, 4.69) is 26.5 Å². The van der Waals surface area contributed by atoms with Crippen LogP contribution >= 0.6 is 0 Å². The third-order valence-electron chi connectivity index (χ3n) is 3.06. The van der Waals surface area contributed by atoms with Crippen LogP contribution in [-0.2, 0) is 6.42 Å². The first-order valence-corrected chi connectivity index (χ1v) is 6.16. The molecule has 1 aromatic heterocycles. The Bertz CT molecular complexity index is 648. The molecule has 3 N–H and O–H groups in total. The Morgan fingerprint density at radius 2 is 1.94 bits per heavy atom. The van der Waals surface area contributed by atoms with Gasteiger partial charge in [-0.15, -0.1) is 0 Å². The molecule has 18 heavy (non-hydrogen) atoms. The van der Waals surface area contributed by atoms with Crippen LogP contribution in [-0.4, -0.2) is 0 Å². The third-order valence-corrected chi connectivity index (χ3v) is 3.06. The van der Waals surface area contributed by atoms with E-state index in [9.17, 15) is 4.79 Å². The predicted molar refractivity (Wildman–Crippen MR) is 72.9 cm³/mol. The standard InChI is InChI=1S/C15H19NO2/c1-9-11-6-5-10(16)7-13(11)18-14(17)12(9)8-15(2,3)4/h5-7H,8,16H2,1-4H3/p+1. The van der Waals surface area contributed by atoms with Gasteiger partial charge in [0.15, 0.2) is 0 Å².